The highest BCUT2D eigenvalue weighted by Gasteiger charge is 2.36. The van der Waals surface area contributed by atoms with Crippen molar-refractivity contribution in [1.82, 2.24) is 9.78 Å². The van der Waals surface area contributed by atoms with Crippen molar-refractivity contribution in [3.8, 4) is 0 Å². The molecule has 0 bridgehead atoms. The number of aromatic nitrogens is 2. The van der Waals surface area contributed by atoms with Crippen LogP contribution in [0.2, 0.25) is 0 Å². The van der Waals surface area contributed by atoms with Gasteiger partial charge in [0.2, 0.25) is 0 Å². The molecule has 112 valence electrons. The third-order valence-electron chi connectivity index (χ3n) is 4.67. The minimum atomic E-state index is 0.0781. The molecule has 2 aliphatic carbocycles. The summed E-state index contributed by atoms with van der Waals surface area (Å²) in [4.78, 5) is 0. The van der Waals surface area contributed by atoms with Crippen molar-refractivity contribution >= 4 is 0 Å². The Bertz CT molecular complexity index is 421. The van der Waals surface area contributed by atoms with E-state index in [4.69, 9.17) is 15.6 Å². The molecule has 2 N–H and O–H groups in total. The van der Waals surface area contributed by atoms with Gasteiger partial charge >= 0.3 is 0 Å². The Morgan fingerprint density at radius 1 is 1.35 bits per heavy atom. The quantitative estimate of drug-likeness (QED) is 0.833. The largest absolute Gasteiger partial charge is 0.377 e. The Kier molecular flexibility index (Phi) is 4.41. The lowest BCUT2D eigenvalue weighted by atomic mass is 10.0. The molecule has 0 radical (unpaired) electrons. The normalized spacial score (nSPS) is 23.1. The van der Waals surface area contributed by atoms with Crippen LogP contribution in [0, 0.1) is 5.92 Å². The van der Waals surface area contributed by atoms with Gasteiger partial charge in [0.25, 0.3) is 0 Å². The maximum Gasteiger partial charge on any atom is 0.0757 e. The summed E-state index contributed by atoms with van der Waals surface area (Å²) in [6, 6.07) is 2.83. The maximum absolute atomic E-state index is 6.37. The molecular formula is C16H27N3O. The van der Waals surface area contributed by atoms with E-state index in [0.29, 0.717) is 12.0 Å². The van der Waals surface area contributed by atoms with Crippen molar-refractivity contribution in [3.63, 3.8) is 0 Å². The predicted molar refractivity (Wildman–Crippen MR) is 79.5 cm³/mol. The van der Waals surface area contributed by atoms with Gasteiger partial charge in [-0.15, -0.1) is 0 Å². The van der Waals surface area contributed by atoms with Crippen LogP contribution in [0.1, 0.15) is 57.2 Å². The summed E-state index contributed by atoms with van der Waals surface area (Å²) in [7, 11) is 0. The zero-order chi connectivity index (χ0) is 13.9. The molecule has 1 heterocycles. The van der Waals surface area contributed by atoms with E-state index in [9.17, 15) is 0 Å². The van der Waals surface area contributed by atoms with E-state index in [0.717, 1.165) is 18.7 Å². The van der Waals surface area contributed by atoms with Crippen molar-refractivity contribution in [2.45, 2.75) is 70.1 Å². The molecule has 20 heavy (non-hydrogen) atoms. The Balaban J connectivity index is 1.58. The van der Waals surface area contributed by atoms with Gasteiger partial charge in [-0.25, -0.2) is 0 Å². The van der Waals surface area contributed by atoms with Gasteiger partial charge in [-0.05, 0) is 44.6 Å². The zero-order valence-electron chi connectivity index (χ0n) is 12.5. The third-order valence-corrected chi connectivity index (χ3v) is 4.67. The lowest BCUT2D eigenvalue weighted by Gasteiger charge is -2.23. The van der Waals surface area contributed by atoms with E-state index >= 15 is 0 Å². The topological polar surface area (TPSA) is 53.1 Å². The van der Waals surface area contributed by atoms with Gasteiger partial charge in [-0.3, -0.25) is 4.68 Å². The van der Waals surface area contributed by atoms with E-state index < -0.39 is 0 Å². The van der Waals surface area contributed by atoms with Crippen LogP contribution >= 0.6 is 0 Å². The summed E-state index contributed by atoms with van der Waals surface area (Å²) >= 11 is 0. The minimum absolute atomic E-state index is 0.0781. The summed E-state index contributed by atoms with van der Waals surface area (Å²) < 4.78 is 8.00. The molecule has 0 aromatic carbocycles. The van der Waals surface area contributed by atoms with E-state index in [-0.39, 0.29) is 12.1 Å². The highest BCUT2D eigenvalue weighted by Crippen LogP contribution is 2.36. The second-order valence-corrected chi connectivity index (χ2v) is 6.35. The molecule has 1 aromatic heterocycles. The molecule has 4 nitrogen and oxygen atoms in total. The fraction of sp³-hybridized carbons (Fsp3) is 0.812. The lowest BCUT2D eigenvalue weighted by molar-refractivity contribution is 0.0285. The van der Waals surface area contributed by atoms with Crippen molar-refractivity contribution in [3.05, 3.63) is 18.0 Å². The average Bonchev–Trinajstić information content (AvgIpc) is 2.93. The molecule has 0 spiro atoms. The average molecular weight is 277 g/mol. The van der Waals surface area contributed by atoms with E-state index in [2.05, 4.69) is 23.9 Å². The van der Waals surface area contributed by atoms with Gasteiger partial charge < -0.3 is 10.5 Å². The van der Waals surface area contributed by atoms with Crippen LogP contribution in [0.3, 0.4) is 0 Å². The fourth-order valence-electron chi connectivity index (χ4n) is 3.44. The molecule has 2 atom stereocenters. The van der Waals surface area contributed by atoms with Gasteiger partial charge in [-0.1, -0.05) is 12.8 Å². The number of hydrogen-bond acceptors (Lipinski definition) is 3. The van der Waals surface area contributed by atoms with Gasteiger partial charge in [0.05, 0.1) is 17.8 Å². The molecule has 1 aromatic rings. The highest BCUT2D eigenvalue weighted by molar-refractivity contribution is 5.04. The van der Waals surface area contributed by atoms with Crippen LogP contribution in [-0.4, -0.2) is 28.5 Å². The van der Waals surface area contributed by atoms with Crippen LogP contribution in [0.25, 0.3) is 0 Å². The van der Waals surface area contributed by atoms with Gasteiger partial charge in [0.1, 0.15) is 0 Å². The summed E-state index contributed by atoms with van der Waals surface area (Å²) in [6.07, 6.45) is 11.0. The summed E-state index contributed by atoms with van der Waals surface area (Å²) in [5.41, 5.74) is 7.49. The first kappa shape index (κ1) is 14.1. The number of rotatable bonds is 7. The van der Waals surface area contributed by atoms with Crippen LogP contribution < -0.4 is 5.73 Å². The van der Waals surface area contributed by atoms with Gasteiger partial charge in [0, 0.05) is 25.3 Å². The Labute approximate surface area is 121 Å². The first-order valence-corrected chi connectivity index (χ1v) is 8.19. The number of nitrogens with two attached hydrogens (primary N) is 1. The smallest absolute Gasteiger partial charge is 0.0757 e. The molecule has 2 fully saturated rings. The van der Waals surface area contributed by atoms with Crippen molar-refractivity contribution in [1.29, 1.82) is 0 Å². The number of ether oxygens (including phenoxy) is 1. The third kappa shape index (κ3) is 3.23. The molecule has 4 heteroatoms. The van der Waals surface area contributed by atoms with E-state index in [1.54, 1.807) is 0 Å². The molecule has 0 amide bonds. The Hall–Kier alpha value is -0.870. The molecule has 3 rings (SSSR count). The summed E-state index contributed by atoms with van der Waals surface area (Å²) in [6.45, 7) is 2.81. The minimum Gasteiger partial charge on any atom is -0.377 e. The van der Waals surface area contributed by atoms with Crippen LogP contribution in [0.4, 0.5) is 0 Å². The van der Waals surface area contributed by atoms with Gasteiger partial charge in [-0.2, -0.15) is 5.10 Å². The van der Waals surface area contributed by atoms with Crippen LogP contribution in [-0.2, 0) is 11.2 Å². The molecule has 2 unspecified atom stereocenters. The fourth-order valence-corrected chi connectivity index (χ4v) is 3.44. The molecule has 2 saturated carbocycles. The van der Waals surface area contributed by atoms with Gasteiger partial charge in [0.15, 0.2) is 0 Å². The van der Waals surface area contributed by atoms with Crippen molar-refractivity contribution in [2.24, 2.45) is 11.7 Å². The number of nitrogens with zero attached hydrogens (tertiary/aromatic N) is 2. The van der Waals surface area contributed by atoms with Crippen LogP contribution in [0.5, 0.6) is 0 Å². The van der Waals surface area contributed by atoms with E-state index in [1.807, 2.05) is 0 Å². The first-order chi connectivity index (χ1) is 9.78. The lowest BCUT2D eigenvalue weighted by Crippen LogP contribution is -2.40. The van der Waals surface area contributed by atoms with E-state index in [1.165, 1.54) is 38.5 Å². The maximum atomic E-state index is 6.37. The second kappa shape index (κ2) is 6.27. The second-order valence-electron chi connectivity index (χ2n) is 6.35. The molecular weight excluding hydrogens is 250 g/mol. The molecule has 0 aliphatic heterocycles. The Morgan fingerprint density at radius 3 is 2.75 bits per heavy atom. The van der Waals surface area contributed by atoms with Crippen molar-refractivity contribution in [2.75, 3.05) is 6.61 Å². The predicted octanol–water partition coefficient (Wildman–Crippen LogP) is 2.68. The first-order valence-electron chi connectivity index (χ1n) is 8.19. The standard InChI is InChI=1S/C16H27N3O/c1-2-20-16(12-7-8-12)15(17)11-13-9-10-19(18-13)14-5-3-4-6-14/h9-10,12,14-16H,2-8,11,17H2,1H3. The molecule has 0 saturated heterocycles. The SMILES string of the molecule is CCOC(C(N)Cc1ccn(C2CCCC2)n1)C1CC1. The Morgan fingerprint density at radius 2 is 2.10 bits per heavy atom. The summed E-state index contributed by atoms with van der Waals surface area (Å²) in [5, 5.41) is 4.74. The molecule has 2 aliphatic rings. The monoisotopic (exact) mass is 277 g/mol. The highest BCUT2D eigenvalue weighted by atomic mass is 16.5. The summed E-state index contributed by atoms with van der Waals surface area (Å²) in [5.74, 6) is 0.682. The van der Waals surface area contributed by atoms with Crippen molar-refractivity contribution < 1.29 is 4.74 Å². The zero-order valence-corrected chi connectivity index (χ0v) is 12.5. The van der Waals surface area contributed by atoms with Crippen LogP contribution in [0.15, 0.2) is 12.3 Å². The number of hydrogen-bond donors (Lipinski definition) is 1.